The zero-order valence-corrected chi connectivity index (χ0v) is 8.79. The van der Waals surface area contributed by atoms with Gasteiger partial charge in [0.15, 0.2) is 0 Å². The molecule has 3 heteroatoms. The first-order valence-corrected chi connectivity index (χ1v) is 5.20. The summed E-state index contributed by atoms with van der Waals surface area (Å²) in [4.78, 5) is 0. The van der Waals surface area contributed by atoms with Crippen molar-refractivity contribution in [3.8, 4) is 0 Å². The molecule has 2 atom stereocenters. The molecule has 1 aromatic carbocycles. The van der Waals surface area contributed by atoms with Crippen molar-refractivity contribution in [3.05, 3.63) is 33.8 Å². The summed E-state index contributed by atoms with van der Waals surface area (Å²) in [5.41, 5.74) is 7.98. The van der Waals surface area contributed by atoms with Gasteiger partial charge in [-0.2, -0.15) is 0 Å². The fourth-order valence-electron chi connectivity index (χ4n) is 1.83. The average molecular weight is 242 g/mol. The summed E-state index contributed by atoms with van der Waals surface area (Å²) in [6.07, 6.45) is 1.32. The Kier molecular flexibility index (Phi) is 2.41. The fraction of sp³-hybridized carbons (Fsp3) is 0.400. The second-order valence-corrected chi connectivity index (χ2v) is 4.31. The van der Waals surface area contributed by atoms with E-state index in [4.69, 9.17) is 5.73 Å². The van der Waals surface area contributed by atoms with E-state index in [0.29, 0.717) is 0 Å². The van der Waals surface area contributed by atoms with Crippen LogP contribution in [0.2, 0.25) is 0 Å². The molecule has 0 spiro atoms. The summed E-state index contributed by atoms with van der Waals surface area (Å²) in [6, 6.07) is 5.87. The molecule has 2 nitrogen and oxygen atoms in total. The molecule has 2 rings (SSSR count). The van der Waals surface area contributed by atoms with Crippen LogP contribution in [0.4, 0.5) is 0 Å². The maximum absolute atomic E-state index is 9.86. The third kappa shape index (κ3) is 1.52. The van der Waals surface area contributed by atoms with Crippen molar-refractivity contribution < 1.29 is 5.11 Å². The second-order valence-electron chi connectivity index (χ2n) is 3.46. The second kappa shape index (κ2) is 3.40. The Labute approximate surface area is 85.9 Å². The minimum Gasteiger partial charge on any atom is -0.387 e. The number of benzene rings is 1. The minimum absolute atomic E-state index is 0.119. The molecule has 0 saturated heterocycles. The molecular weight excluding hydrogens is 230 g/mol. The lowest BCUT2D eigenvalue weighted by Crippen LogP contribution is -2.33. The highest BCUT2D eigenvalue weighted by Gasteiger charge is 2.26. The summed E-state index contributed by atoms with van der Waals surface area (Å²) in [6.45, 7) is 0. The van der Waals surface area contributed by atoms with Crippen molar-refractivity contribution in [3.63, 3.8) is 0 Å². The van der Waals surface area contributed by atoms with Gasteiger partial charge in [-0.1, -0.05) is 28.1 Å². The summed E-state index contributed by atoms with van der Waals surface area (Å²) in [5.74, 6) is 0. The molecule has 0 saturated carbocycles. The van der Waals surface area contributed by atoms with E-state index in [1.807, 2.05) is 12.1 Å². The van der Waals surface area contributed by atoms with Crippen LogP contribution in [0.25, 0.3) is 0 Å². The standard InChI is InChI=1S/C10H12BrNO/c11-7-3-1-2-6-4-5-8(12)10(13)9(6)7/h1-3,8,10,13H,4-5,12H2/t8-,10-/m0/s1. The number of aliphatic hydroxyl groups excluding tert-OH is 1. The third-order valence-corrected chi connectivity index (χ3v) is 3.28. The van der Waals surface area contributed by atoms with E-state index in [0.717, 1.165) is 22.9 Å². The average Bonchev–Trinajstić information content (AvgIpc) is 2.12. The molecule has 0 aromatic heterocycles. The summed E-state index contributed by atoms with van der Waals surface area (Å²) in [7, 11) is 0. The van der Waals surface area contributed by atoms with Gasteiger partial charge in [0, 0.05) is 10.5 Å². The summed E-state index contributed by atoms with van der Waals surface area (Å²) < 4.78 is 0.965. The number of fused-ring (bicyclic) bond motifs is 1. The normalized spacial score (nSPS) is 27.0. The zero-order chi connectivity index (χ0) is 9.42. The number of nitrogens with two attached hydrogens (primary N) is 1. The Morgan fingerprint density at radius 3 is 3.00 bits per heavy atom. The van der Waals surface area contributed by atoms with Crippen molar-refractivity contribution in [1.29, 1.82) is 0 Å². The zero-order valence-electron chi connectivity index (χ0n) is 7.20. The van der Waals surface area contributed by atoms with Gasteiger partial charge in [-0.15, -0.1) is 0 Å². The van der Waals surface area contributed by atoms with Crippen molar-refractivity contribution in [2.24, 2.45) is 5.73 Å². The first-order valence-electron chi connectivity index (χ1n) is 4.41. The van der Waals surface area contributed by atoms with Gasteiger partial charge in [0.05, 0.1) is 6.10 Å². The molecule has 0 amide bonds. The highest BCUT2D eigenvalue weighted by Crippen LogP contribution is 2.34. The van der Waals surface area contributed by atoms with E-state index in [-0.39, 0.29) is 6.04 Å². The van der Waals surface area contributed by atoms with Crippen molar-refractivity contribution in [2.45, 2.75) is 25.0 Å². The van der Waals surface area contributed by atoms with Gasteiger partial charge in [-0.05, 0) is 30.0 Å². The van der Waals surface area contributed by atoms with Crippen LogP contribution in [-0.2, 0) is 6.42 Å². The van der Waals surface area contributed by atoms with Crippen LogP contribution in [0.15, 0.2) is 22.7 Å². The molecule has 0 unspecified atom stereocenters. The van der Waals surface area contributed by atoms with Crippen molar-refractivity contribution >= 4 is 15.9 Å². The van der Waals surface area contributed by atoms with Gasteiger partial charge in [0.25, 0.3) is 0 Å². The number of hydrogen-bond donors (Lipinski definition) is 2. The molecule has 3 N–H and O–H groups in total. The van der Waals surface area contributed by atoms with Gasteiger partial charge in [-0.3, -0.25) is 0 Å². The lowest BCUT2D eigenvalue weighted by atomic mass is 9.86. The Morgan fingerprint density at radius 1 is 1.46 bits per heavy atom. The molecule has 1 aromatic rings. The van der Waals surface area contributed by atoms with Gasteiger partial charge < -0.3 is 10.8 Å². The predicted molar refractivity (Wildman–Crippen MR) is 55.4 cm³/mol. The first-order chi connectivity index (χ1) is 6.20. The molecule has 1 aliphatic carbocycles. The van der Waals surface area contributed by atoms with Crippen LogP contribution in [0.5, 0.6) is 0 Å². The van der Waals surface area contributed by atoms with E-state index in [1.165, 1.54) is 5.56 Å². The predicted octanol–water partition coefficient (Wildman–Crippen LogP) is 1.76. The Balaban J connectivity index is 2.51. The van der Waals surface area contributed by atoms with Crippen LogP contribution in [0.1, 0.15) is 23.7 Å². The van der Waals surface area contributed by atoms with Gasteiger partial charge >= 0.3 is 0 Å². The van der Waals surface area contributed by atoms with E-state index < -0.39 is 6.10 Å². The van der Waals surface area contributed by atoms with E-state index in [9.17, 15) is 5.11 Å². The highest BCUT2D eigenvalue weighted by atomic mass is 79.9. The molecule has 0 aliphatic heterocycles. The van der Waals surface area contributed by atoms with Crippen LogP contribution in [0.3, 0.4) is 0 Å². The molecular formula is C10H12BrNO. The molecule has 0 heterocycles. The maximum atomic E-state index is 9.86. The minimum atomic E-state index is -0.515. The monoisotopic (exact) mass is 241 g/mol. The Morgan fingerprint density at radius 2 is 2.23 bits per heavy atom. The van der Waals surface area contributed by atoms with Gasteiger partial charge in [-0.25, -0.2) is 0 Å². The van der Waals surface area contributed by atoms with E-state index in [2.05, 4.69) is 22.0 Å². The van der Waals surface area contributed by atoms with Crippen LogP contribution in [-0.4, -0.2) is 11.1 Å². The summed E-state index contributed by atoms with van der Waals surface area (Å²) >= 11 is 3.43. The molecule has 0 fully saturated rings. The van der Waals surface area contributed by atoms with E-state index in [1.54, 1.807) is 0 Å². The third-order valence-electron chi connectivity index (χ3n) is 2.59. The topological polar surface area (TPSA) is 46.2 Å². The molecule has 0 bridgehead atoms. The number of rotatable bonds is 0. The number of halogens is 1. The van der Waals surface area contributed by atoms with Crippen LogP contribution >= 0.6 is 15.9 Å². The molecule has 13 heavy (non-hydrogen) atoms. The van der Waals surface area contributed by atoms with Gasteiger partial charge in [0.2, 0.25) is 0 Å². The SMILES string of the molecule is N[C@H]1CCc2cccc(Br)c2[C@H]1O. The van der Waals surface area contributed by atoms with Crippen LogP contribution < -0.4 is 5.73 Å². The van der Waals surface area contributed by atoms with Crippen molar-refractivity contribution in [1.82, 2.24) is 0 Å². The Bertz CT molecular complexity index is 327. The quantitative estimate of drug-likeness (QED) is 0.728. The van der Waals surface area contributed by atoms with E-state index >= 15 is 0 Å². The van der Waals surface area contributed by atoms with Crippen LogP contribution in [0, 0.1) is 0 Å². The van der Waals surface area contributed by atoms with Gasteiger partial charge in [0.1, 0.15) is 0 Å². The fourth-order valence-corrected chi connectivity index (χ4v) is 2.47. The molecule has 0 radical (unpaired) electrons. The summed E-state index contributed by atoms with van der Waals surface area (Å²) in [5, 5.41) is 9.86. The number of hydrogen-bond acceptors (Lipinski definition) is 2. The smallest absolute Gasteiger partial charge is 0.0954 e. The molecule has 1 aliphatic rings. The molecule has 70 valence electrons. The highest BCUT2D eigenvalue weighted by molar-refractivity contribution is 9.10. The lowest BCUT2D eigenvalue weighted by Gasteiger charge is -2.28. The lowest BCUT2D eigenvalue weighted by molar-refractivity contribution is 0.133. The van der Waals surface area contributed by atoms with Crippen molar-refractivity contribution in [2.75, 3.05) is 0 Å². The first kappa shape index (κ1) is 9.19. The maximum Gasteiger partial charge on any atom is 0.0954 e. The number of aliphatic hydroxyl groups is 1. The Hall–Kier alpha value is -0.380. The largest absolute Gasteiger partial charge is 0.387 e. The number of aryl methyl sites for hydroxylation is 1.